The van der Waals surface area contributed by atoms with E-state index in [-0.39, 0.29) is 0 Å². The van der Waals surface area contributed by atoms with Crippen LogP contribution in [0.5, 0.6) is 0 Å². The van der Waals surface area contributed by atoms with Gasteiger partial charge in [0.25, 0.3) is 0 Å². The highest BCUT2D eigenvalue weighted by Gasteiger charge is 2.33. The van der Waals surface area contributed by atoms with Crippen LogP contribution in [0, 0.1) is 11.8 Å². The maximum atomic E-state index is 5.35. The van der Waals surface area contributed by atoms with Crippen LogP contribution in [-0.2, 0) is 4.74 Å². The molecule has 2 aliphatic rings. The summed E-state index contributed by atoms with van der Waals surface area (Å²) in [6, 6.07) is 0.637. The van der Waals surface area contributed by atoms with Crippen molar-refractivity contribution >= 4 is 5.96 Å². The van der Waals surface area contributed by atoms with E-state index in [2.05, 4.69) is 29.5 Å². The zero-order valence-corrected chi connectivity index (χ0v) is 10.3. The minimum atomic E-state index is 0.618. The highest BCUT2D eigenvalue weighted by molar-refractivity contribution is 5.80. The Morgan fingerprint density at radius 2 is 2.31 bits per heavy atom. The number of aliphatic imine (C=N–C) groups is 1. The lowest BCUT2D eigenvalue weighted by Gasteiger charge is -2.11. The molecule has 0 aromatic carbocycles. The molecule has 0 aromatic rings. The average Bonchev–Trinajstić information content (AvgIpc) is 2.80. The van der Waals surface area contributed by atoms with Gasteiger partial charge in [0.2, 0.25) is 0 Å². The molecule has 0 radical (unpaired) electrons. The van der Waals surface area contributed by atoms with E-state index in [1.54, 1.807) is 0 Å². The van der Waals surface area contributed by atoms with E-state index in [1.165, 1.54) is 6.42 Å². The summed E-state index contributed by atoms with van der Waals surface area (Å²) in [6.45, 7) is 7.97. The first kappa shape index (κ1) is 11.7. The van der Waals surface area contributed by atoms with E-state index in [9.17, 15) is 0 Å². The molecule has 16 heavy (non-hydrogen) atoms. The fourth-order valence-electron chi connectivity index (χ4n) is 1.97. The van der Waals surface area contributed by atoms with Gasteiger partial charge >= 0.3 is 0 Å². The van der Waals surface area contributed by atoms with Crippen molar-refractivity contribution in [1.29, 1.82) is 0 Å². The minimum absolute atomic E-state index is 0.618. The molecule has 0 spiro atoms. The van der Waals surface area contributed by atoms with E-state index in [4.69, 9.17) is 4.74 Å². The summed E-state index contributed by atoms with van der Waals surface area (Å²) in [5.74, 6) is 2.40. The second-order valence-corrected chi connectivity index (χ2v) is 4.91. The second kappa shape index (κ2) is 5.53. The van der Waals surface area contributed by atoms with Crippen LogP contribution in [0.3, 0.4) is 0 Å². The Labute approximate surface area is 97.9 Å². The fourth-order valence-corrected chi connectivity index (χ4v) is 1.97. The molecule has 3 atom stereocenters. The van der Waals surface area contributed by atoms with Crippen molar-refractivity contribution in [1.82, 2.24) is 10.6 Å². The summed E-state index contributed by atoms with van der Waals surface area (Å²) >= 11 is 0. The van der Waals surface area contributed by atoms with Crippen molar-refractivity contribution < 1.29 is 4.74 Å². The number of guanidine groups is 1. The van der Waals surface area contributed by atoms with Crippen molar-refractivity contribution in [3.63, 3.8) is 0 Å². The first-order valence-corrected chi connectivity index (χ1v) is 6.42. The number of rotatable bonds is 4. The largest absolute Gasteiger partial charge is 0.381 e. The molecule has 1 saturated carbocycles. The van der Waals surface area contributed by atoms with Crippen molar-refractivity contribution in [3.05, 3.63) is 0 Å². The number of nitrogens with one attached hydrogen (secondary N) is 2. The molecule has 92 valence electrons. The number of ether oxygens (including phenoxy) is 1. The van der Waals surface area contributed by atoms with Gasteiger partial charge in [0, 0.05) is 31.7 Å². The maximum Gasteiger partial charge on any atom is 0.191 e. The van der Waals surface area contributed by atoms with Crippen LogP contribution in [0.2, 0.25) is 0 Å². The standard InChI is InChI=1S/C12H23N3O/c1-3-13-12(15-11-6-9(11)2)14-7-10-4-5-16-8-10/h9-11H,3-8H2,1-2H3,(H2,13,14,15). The minimum Gasteiger partial charge on any atom is -0.381 e. The molecule has 0 amide bonds. The molecule has 1 saturated heterocycles. The molecular formula is C12H23N3O. The predicted molar refractivity (Wildman–Crippen MR) is 65.6 cm³/mol. The normalized spacial score (nSPS) is 33.9. The summed E-state index contributed by atoms with van der Waals surface area (Å²) in [6.07, 6.45) is 2.43. The van der Waals surface area contributed by atoms with Gasteiger partial charge < -0.3 is 15.4 Å². The van der Waals surface area contributed by atoms with Crippen molar-refractivity contribution in [2.45, 2.75) is 32.7 Å². The summed E-state index contributed by atoms with van der Waals surface area (Å²) < 4.78 is 5.35. The third-order valence-corrected chi connectivity index (χ3v) is 3.31. The molecule has 3 unspecified atom stereocenters. The van der Waals surface area contributed by atoms with Gasteiger partial charge in [0.05, 0.1) is 6.61 Å². The first-order valence-electron chi connectivity index (χ1n) is 6.42. The third-order valence-electron chi connectivity index (χ3n) is 3.31. The Morgan fingerprint density at radius 1 is 1.50 bits per heavy atom. The summed E-state index contributed by atoms with van der Waals surface area (Å²) in [7, 11) is 0. The number of hydrogen-bond acceptors (Lipinski definition) is 2. The molecule has 0 aromatic heterocycles. The summed E-state index contributed by atoms with van der Waals surface area (Å²) in [5, 5.41) is 6.76. The Hall–Kier alpha value is -0.770. The molecule has 1 aliphatic carbocycles. The van der Waals surface area contributed by atoms with Crippen LogP contribution < -0.4 is 10.6 Å². The molecule has 1 aliphatic heterocycles. The number of hydrogen-bond donors (Lipinski definition) is 2. The van der Waals surface area contributed by atoms with Gasteiger partial charge in [-0.2, -0.15) is 0 Å². The topological polar surface area (TPSA) is 45.7 Å². The van der Waals surface area contributed by atoms with Gasteiger partial charge in [-0.3, -0.25) is 4.99 Å². The molecule has 2 rings (SSSR count). The van der Waals surface area contributed by atoms with E-state index in [0.29, 0.717) is 12.0 Å². The Morgan fingerprint density at radius 3 is 2.88 bits per heavy atom. The van der Waals surface area contributed by atoms with Crippen LogP contribution in [-0.4, -0.2) is 38.3 Å². The number of nitrogens with zero attached hydrogens (tertiary/aromatic N) is 1. The van der Waals surface area contributed by atoms with Crippen molar-refractivity contribution in [2.75, 3.05) is 26.3 Å². The lowest BCUT2D eigenvalue weighted by atomic mass is 10.1. The van der Waals surface area contributed by atoms with Gasteiger partial charge in [-0.05, 0) is 25.7 Å². The van der Waals surface area contributed by atoms with Gasteiger partial charge in [-0.15, -0.1) is 0 Å². The van der Waals surface area contributed by atoms with Gasteiger partial charge in [-0.1, -0.05) is 6.92 Å². The van der Waals surface area contributed by atoms with E-state index >= 15 is 0 Å². The smallest absolute Gasteiger partial charge is 0.191 e. The Bertz CT molecular complexity index is 249. The van der Waals surface area contributed by atoms with E-state index in [1.807, 2.05) is 0 Å². The Kier molecular flexibility index (Phi) is 4.04. The van der Waals surface area contributed by atoms with E-state index < -0.39 is 0 Å². The molecule has 2 N–H and O–H groups in total. The zero-order chi connectivity index (χ0) is 11.4. The maximum absolute atomic E-state index is 5.35. The molecule has 0 bridgehead atoms. The molecule has 1 heterocycles. The summed E-state index contributed by atoms with van der Waals surface area (Å²) in [5.41, 5.74) is 0. The van der Waals surface area contributed by atoms with Crippen LogP contribution in [0.25, 0.3) is 0 Å². The van der Waals surface area contributed by atoms with Crippen molar-refractivity contribution in [3.8, 4) is 0 Å². The van der Waals surface area contributed by atoms with Crippen molar-refractivity contribution in [2.24, 2.45) is 16.8 Å². The average molecular weight is 225 g/mol. The second-order valence-electron chi connectivity index (χ2n) is 4.91. The monoisotopic (exact) mass is 225 g/mol. The molecular weight excluding hydrogens is 202 g/mol. The van der Waals surface area contributed by atoms with Gasteiger partial charge in [-0.25, -0.2) is 0 Å². The zero-order valence-electron chi connectivity index (χ0n) is 10.3. The highest BCUT2D eigenvalue weighted by Crippen LogP contribution is 2.28. The molecule has 4 heteroatoms. The quantitative estimate of drug-likeness (QED) is 0.554. The summed E-state index contributed by atoms with van der Waals surface area (Å²) in [4.78, 5) is 4.62. The van der Waals surface area contributed by atoms with Crippen LogP contribution >= 0.6 is 0 Å². The predicted octanol–water partition coefficient (Wildman–Crippen LogP) is 0.986. The van der Waals surface area contributed by atoms with Gasteiger partial charge in [0.15, 0.2) is 5.96 Å². The third kappa shape index (κ3) is 3.37. The van der Waals surface area contributed by atoms with Crippen LogP contribution in [0.15, 0.2) is 4.99 Å². The lowest BCUT2D eigenvalue weighted by Crippen LogP contribution is -2.39. The first-order chi connectivity index (χ1) is 7.79. The van der Waals surface area contributed by atoms with Crippen LogP contribution in [0.4, 0.5) is 0 Å². The van der Waals surface area contributed by atoms with Crippen LogP contribution in [0.1, 0.15) is 26.7 Å². The Balaban J connectivity index is 1.77. The SMILES string of the molecule is CCNC(=NCC1CCOC1)NC1CC1C. The van der Waals surface area contributed by atoms with E-state index in [0.717, 1.165) is 44.6 Å². The van der Waals surface area contributed by atoms with Gasteiger partial charge in [0.1, 0.15) is 0 Å². The molecule has 4 nitrogen and oxygen atoms in total. The fraction of sp³-hybridized carbons (Fsp3) is 0.917. The molecule has 2 fully saturated rings. The highest BCUT2D eigenvalue weighted by atomic mass is 16.5. The lowest BCUT2D eigenvalue weighted by molar-refractivity contribution is 0.187.